The maximum absolute atomic E-state index is 11.8. The van der Waals surface area contributed by atoms with Gasteiger partial charge in [-0.25, -0.2) is 6.57 Å². The lowest BCUT2D eigenvalue weighted by Gasteiger charge is -2.18. The molecular formula is C13H19N6O3S-. The summed E-state index contributed by atoms with van der Waals surface area (Å²) in [6.45, 7) is 12.7. The van der Waals surface area contributed by atoms with Gasteiger partial charge in [0, 0.05) is 36.5 Å². The van der Waals surface area contributed by atoms with Crippen molar-refractivity contribution in [3.63, 3.8) is 0 Å². The summed E-state index contributed by atoms with van der Waals surface area (Å²) in [5.41, 5.74) is 0.637. The first-order valence-electron chi connectivity index (χ1n) is 6.70. The number of amides is 1. The highest BCUT2D eigenvalue weighted by Gasteiger charge is 2.27. The summed E-state index contributed by atoms with van der Waals surface area (Å²) in [5, 5.41) is 14.2. The van der Waals surface area contributed by atoms with Crippen molar-refractivity contribution >= 4 is 22.8 Å². The molecule has 1 N–H and O–H groups in total. The maximum atomic E-state index is 11.8. The number of aromatic nitrogens is 2. The molecule has 1 heterocycles. The zero-order chi connectivity index (χ0) is 17.8. The van der Waals surface area contributed by atoms with E-state index in [4.69, 9.17) is 6.57 Å². The van der Waals surface area contributed by atoms with Crippen LogP contribution in [-0.4, -0.2) is 50.0 Å². The van der Waals surface area contributed by atoms with Gasteiger partial charge in [0.05, 0.1) is 0 Å². The van der Waals surface area contributed by atoms with Crippen LogP contribution in [0.2, 0.25) is 0 Å². The maximum Gasteiger partial charge on any atom is 0.410 e. The Kier molecular flexibility index (Phi) is 6.12. The van der Waals surface area contributed by atoms with E-state index in [0.717, 1.165) is 0 Å². The number of likely N-dealkylation sites (N-methyl/N-ethyl adjacent to an activating group) is 1. The molecule has 1 aromatic rings. The minimum absolute atomic E-state index is 0.0688. The third-order valence-electron chi connectivity index (χ3n) is 2.90. The number of carbonyl (C=O) groups excluding carboxylic acids is 1. The van der Waals surface area contributed by atoms with Crippen LogP contribution in [0.25, 0.3) is 4.85 Å². The minimum Gasteiger partial charge on any atom is -0.772 e. The van der Waals surface area contributed by atoms with Gasteiger partial charge in [0.15, 0.2) is 5.82 Å². The molecule has 0 saturated carbocycles. The molecule has 126 valence electrons. The molecule has 2 unspecified atom stereocenters. The summed E-state index contributed by atoms with van der Waals surface area (Å²) in [4.78, 5) is 16.1. The van der Waals surface area contributed by atoms with Gasteiger partial charge in [-0.15, -0.1) is 5.11 Å². The highest BCUT2D eigenvalue weighted by atomic mass is 32.2. The van der Waals surface area contributed by atoms with Gasteiger partial charge in [0.2, 0.25) is 0 Å². The van der Waals surface area contributed by atoms with E-state index in [-0.39, 0.29) is 17.0 Å². The van der Waals surface area contributed by atoms with Gasteiger partial charge in [0.25, 0.3) is 0 Å². The number of azo groups is 1. The van der Waals surface area contributed by atoms with Crippen LogP contribution < -0.4 is 0 Å². The van der Waals surface area contributed by atoms with E-state index in [0.29, 0.717) is 11.3 Å². The molecule has 10 heteroatoms. The molecule has 0 aliphatic rings. The average molecular weight is 339 g/mol. The van der Waals surface area contributed by atoms with Gasteiger partial charge in [0.1, 0.15) is 0 Å². The summed E-state index contributed by atoms with van der Waals surface area (Å²) in [5.74, 6) is -0.717. The molecule has 0 spiro atoms. The standard InChI is InChI=1S/C13H20N6O3S/c1-13(2,3)9-8(7-23(21)22)10(16-15-9)17-18-11(14-4)12(20)19(5)6/h11H,7H2,1-3,5-6H3,(H,15,16)(H,21,22)/p-1. The van der Waals surface area contributed by atoms with E-state index < -0.39 is 23.2 Å². The number of carbonyl (C=O) groups is 1. The predicted octanol–water partition coefficient (Wildman–Crippen LogP) is 1.50. The average Bonchev–Trinajstić information content (AvgIpc) is 2.81. The van der Waals surface area contributed by atoms with Crippen molar-refractivity contribution in [2.75, 3.05) is 14.1 Å². The van der Waals surface area contributed by atoms with Crippen LogP contribution in [0.15, 0.2) is 10.2 Å². The van der Waals surface area contributed by atoms with Crippen LogP contribution in [0.3, 0.4) is 0 Å². The highest BCUT2D eigenvalue weighted by Crippen LogP contribution is 2.30. The molecule has 23 heavy (non-hydrogen) atoms. The van der Waals surface area contributed by atoms with E-state index >= 15 is 0 Å². The zero-order valence-electron chi connectivity index (χ0n) is 13.7. The molecule has 0 aliphatic carbocycles. The second kappa shape index (κ2) is 7.43. The van der Waals surface area contributed by atoms with Crippen molar-refractivity contribution in [3.8, 4) is 0 Å². The van der Waals surface area contributed by atoms with Gasteiger partial charge in [-0.1, -0.05) is 37.0 Å². The van der Waals surface area contributed by atoms with Crippen molar-refractivity contribution in [2.24, 2.45) is 10.2 Å². The Balaban J connectivity index is 3.20. The van der Waals surface area contributed by atoms with Crippen molar-refractivity contribution < 1.29 is 13.6 Å². The Bertz CT molecular complexity index is 668. The summed E-state index contributed by atoms with van der Waals surface area (Å²) in [6, 6.07) is 0. The highest BCUT2D eigenvalue weighted by molar-refractivity contribution is 7.78. The fourth-order valence-electron chi connectivity index (χ4n) is 1.78. The van der Waals surface area contributed by atoms with E-state index in [2.05, 4.69) is 25.3 Å². The normalized spacial score (nSPS) is 14.5. The molecule has 0 bridgehead atoms. The topological polar surface area (TPSA) is 118 Å². The van der Waals surface area contributed by atoms with E-state index in [1.807, 2.05) is 20.8 Å². The largest absolute Gasteiger partial charge is 0.772 e. The molecule has 0 fully saturated rings. The van der Waals surface area contributed by atoms with E-state index in [1.165, 1.54) is 19.0 Å². The van der Waals surface area contributed by atoms with E-state index in [9.17, 15) is 13.6 Å². The summed E-state index contributed by atoms with van der Waals surface area (Å²) in [7, 11) is 3.02. The fourth-order valence-corrected chi connectivity index (χ4v) is 2.29. The first kappa shape index (κ1) is 18.9. The number of rotatable bonds is 5. The Labute approximate surface area is 137 Å². The Morgan fingerprint density at radius 1 is 1.52 bits per heavy atom. The summed E-state index contributed by atoms with van der Waals surface area (Å²) < 4.78 is 22.1. The third kappa shape index (κ3) is 4.94. The molecular weight excluding hydrogens is 320 g/mol. The molecule has 9 nitrogen and oxygen atoms in total. The fraction of sp³-hybridized carbons (Fsp3) is 0.615. The van der Waals surface area contributed by atoms with Crippen LogP contribution >= 0.6 is 0 Å². The molecule has 0 radical (unpaired) electrons. The first-order valence-corrected chi connectivity index (χ1v) is 7.94. The molecule has 2 atom stereocenters. The number of nitrogens with zero attached hydrogens (tertiary/aromatic N) is 5. The number of hydrogen-bond acceptors (Lipinski definition) is 6. The first-order chi connectivity index (χ1) is 10.6. The van der Waals surface area contributed by atoms with Crippen LogP contribution in [-0.2, 0) is 27.0 Å². The summed E-state index contributed by atoms with van der Waals surface area (Å²) >= 11 is -2.33. The van der Waals surface area contributed by atoms with Crippen molar-refractivity contribution in [3.05, 3.63) is 22.7 Å². The smallest absolute Gasteiger partial charge is 0.410 e. The van der Waals surface area contributed by atoms with Crippen molar-refractivity contribution in [1.82, 2.24) is 15.1 Å². The third-order valence-corrected chi connectivity index (χ3v) is 3.43. The predicted molar refractivity (Wildman–Crippen MR) is 83.5 cm³/mol. The SMILES string of the molecule is [C-]#[N+]C(N=Nc1n[nH]c(C(C)(C)C)c1CS(=O)[O-])C(=O)N(C)C. The van der Waals surface area contributed by atoms with Gasteiger partial charge in [-0.05, 0) is 0 Å². The molecule has 1 rings (SSSR count). The molecule has 1 aromatic heterocycles. The van der Waals surface area contributed by atoms with Crippen LogP contribution in [0, 0.1) is 6.57 Å². The molecule has 0 saturated heterocycles. The Hall–Kier alpha value is -2.12. The van der Waals surface area contributed by atoms with Crippen LogP contribution in [0.1, 0.15) is 32.0 Å². The second-order valence-corrected chi connectivity index (χ2v) is 6.95. The van der Waals surface area contributed by atoms with Gasteiger partial charge in [-0.3, -0.25) is 18.9 Å². The number of nitrogens with one attached hydrogen (secondary N) is 1. The van der Waals surface area contributed by atoms with Gasteiger partial charge < -0.3 is 9.45 Å². The Morgan fingerprint density at radius 3 is 2.57 bits per heavy atom. The lowest BCUT2D eigenvalue weighted by Crippen LogP contribution is -2.30. The molecule has 0 aliphatic heterocycles. The number of aromatic amines is 1. The van der Waals surface area contributed by atoms with Crippen molar-refractivity contribution in [2.45, 2.75) is 38.1 Å². The quantitative estimate of drug-likeness (QED) is 0.497. The minimum atomic E-state index is -2.33. The zero-order valence-corrected chi connectivity index (χ0v) is 14.5. The second-order valence-electron chi connectivity index (χ2n) is 6.05. The lowest BCUT2D eigenvalue weighted by atomic mass is 9.90. The van der Waals surface area contributed by atoms with Crippen molar-refractivity contribution in [1.29, 1.82) is 0 Å². The number of H-pyrrole nitrogens is 1. The van der Waals surface area contributed by atoms with Gasteiger partial charge in [-0.2, -0.15) is 5.10 Å². The van der Waals surface area contributed by atoms with Gasteiger partial charge >= 0.3 is 12.1 Å². The lowest BCUT2D eigenvalue weighted by molar-refractivity contribution is -0.129. The van der Waals surface area contributed by atoms with Crippen LogP contribution in [0.5, 0.6) is 0 Å². The Morgan fingerprint density at radius 2 is 2.13 bits per heavy atom. The summed E-state index contributed by atoms with van der Waals surface area (Å²) in [6.07, 6.45) is -1.31. The van der Waals surface area contributed by atoms with E-state index in [1.54, 1.807) is 0 Å². The monoisotopic (exact) mass is 339 g/mol. The van der Waals surface area contributed by atoms with Crippen LogP contribution in [0.4, 0.5) is 5.82 Å². The number of hydrogen-bond donors (Lipinski definition) is 1. The molecule has 0 aromatic carbocycles. The molecule has 1 amide bonds.